The molecular weight excluding hydrogens is 188 g/mol. The summed E-state index contributed by atoms with van der Waals surface area (Å²) >= 11 is 0. The SMILES string of the molecule is CCCCCCC(=O)NN1CC=CCC1. The lowest BCUT2D eigenvalue weighted by molar-refractivity contribution is -0.125. The Bertz CT molecular complexity index is 214. The molecule has 1 rings (SSSR count). The molecule has 1 N–H and O–H groups in total. The maximum atomic E-state index is 11.5. The van der Waals surface area contributed by atoms with Crippen molar-refractivity contribution in [2.45, 2.75) is 45.4 Å². The summed E-state index contributed by atoms with van der Waals surface area (Å²) in [5, 5.41) is 1.99. The van der Waals surface area contributed by atoms with E-state index in [4.69, 9.17) is 0 Å². The lowest BCUT2D eigenvalue weighted by Gasteiger charge is -2.23. The molecule has 0 aromatic carbocycles. The molecule has 1 heterocycles. The molecule has 1 aliphatic heterocycles. The van der Waals surface area contributed by atoms with Gasteiger partial charge < -0.3 is 0 Å². The zero-order valence-electron chi connectivity index (χ0n) is 9.67. The highest BCUT2D eigenvalue weighted by Crippen LogP contribution is 2.03. The summed E-state index contributed by atoms with van der Waals surface area (Å²) in [6, 6.07) is 0. The smallest absolute Gasteiger partial charge is 0.234 e. The standard InChI is InChI=1S/C12H22N2O/c1-2-3-4-6-9-12(15)13-14-10-7-5-8-11-14/h5,7H,2-4,6,8-11H2,1H3,(H,13,15). The first-order chi connectivity index (χ1) is 7.33. The van der Waals surface area contributed by atoms with Crippen molar-refractivity contribution in [3.8, 4) is 0 Å². The quantitative estimate of drug-likeness (QED) is 0.538. The number of carbonyl (C=O) groups is 1. The summed E-state index contributed by atoms with van der Waals surface area (Å²) in [6.45, 7) is 3.97. The molecular formula is C12H22N2O. The summed E-state index contributed by atoms with van der Waals surface area (Å²) in [5.41, 5.74) is 2.94. The van der Waals surface area contributed by atoms with Crippen LogP contribution in [-0.4, -0.2) is 24.0 Å². The summed E-state index contributed by atoms with van der Waals surface area (Å²) in [5.74, 6) is 0.168. The summed E-state index contributed by atoms with van der Waals surface area (Å²) in [7, 11) is 0. The number of rotatable bonds is 6. The molecule has 0 atom stereocenters. The van der Waals surface area contributed by atoms with E-state index >= 15 is 0 Å². The van der Waals surface area contributed by atoms with Crippen LogP contribution in [0, 0.1) is 0 Å². The average Bonchev–Trinajstić information content (AvgIpc) is 2.26. The molecule has 0 bridgehead atoms. The second-order valence-corrected chi connectivity index (χ2v) is 4.05. The van der Waals surface area contributed by atoms with Gasteiger partial charge in [-0.25, -0.2) is 5.01 Å². The topological polar surface area (TPSA) is 32.3 Å². The zero-order chi connectivity index (χ0) is 10.9. The van der Waals surface area contributed by atoms with Crippen molar-refractivity contribution in [2.75, 3.05) is 13.1 Å². The largest absolute Gasteiger partial charge is 0.289 e. The van der Waals surface area contributed by atoms with Crippen molar-refractivity contribution in [1.29, 1.82) is 0 Å². The number of nitrogens with zero attached hydrogens (tertiary/aromatic N) is 1. The normalized spacial score (nSPS) is 16.6. The summed E-state index contributed by atoms with van der Waals surface area (Å²) in [4.78, 5) is 11.5. The van der Waals surface area contributed by atoms with Crippen LogP contribution in [0.15, 0.2) is 12.2 Å². The number of carbonyl (C=O) groups excluding carboxylic acids is 1. The Morgan fingerprint density at radius 3 is 2.87 bits per heavy atom. The Balaban J connectivity index is 2.04. The number of nitrogens with one attached hydrogen (secondary N) is 1. The fraction of sp³-hybridized carbons (Fsp3) is 0.750. The van der Waals surface area contributed by atoms with Crippen LogP contribution in [-0.2, 0) is 4.79 Å². The third kappa shape index (κ3) is 5.57. The minimum atomic E-state index is 0.168. The van der Waals surface area contributed by atoms with Crippen LogP contribution < -0.4 is 5.43 Å². The van der Waals surface area contributed by atoms with Crippen LogP contribution in [0.3, 0.4) is 0 Å². The van der Waals surface area contributed by atoms with Crippen LogP contribution in [0.5, 0.6) is 0 Å². The van der Waals surface area contributed by atoms with Crippen LogP contribution in [0.25, 0.3) is 0 Å². The Morgan fingerprint density at radius 1 is 1.33 bits per heavy atom. The number of unbranched alkanes of at least 4 members (excludes halogenated alkanes) is 3. The van der Waals surface area contributed by atoms with Crippen molar-refractivity contribution >= 4 is 5.91 Å². The van der Waals surface area contributed by atoms with Crippen LogP contribution in [0.2, 0.25) is 0 Å². The predicted octanol–water partition coefficient (Wildman–Crippen LogP) is 2.25. The molecule has 0 aliphatic carbocycles. The van der Waals surface area contributed by atoms with Gasteiger partial charge in [0.05, 0.1) is 0 Å². The van der Waals surface area contributed by atoms with Crippen molar-refractivity contribution in [1.82, 2.24) is 10.4 Å². The van der Waals surface area contributed by atoms with Gasteiger partial charge in [0.25, 0.3) is 0 Å². The maximum Gasteiger partial charge on any atom is 0.234 e. The molecule has 1 amide bonds. The van der Waals surface area contributed by atoms with E-state index in [1.165, 1.54) is 19.3 Å². The van der Waals surface area contributed by atoms with Crippen molar-refractivity contribution in [3.05, 3.63) is 12.2 Å². The molecule has 86 valence electrons. The van der Waals surface area contributed by atoms with Gasteiger partial charge >= 0.3 is 0 Å². The van der Waals surface area contributed by atoms with Crippen molar-refractivity contribution in [2.24, 2.45) is 0 Å². The van der Waals surface area contributed by atoms with Gasteiger partial charge in [-0.1, -0.05) is 38.3 Å². The van der Waals surface area contributed by atoms with Crippen LogP contribution in [0.4, 0.5) is 0 Å². The van der Waals surface area contributed by atoms with E-state index < -0.39 is 0 Å². The monoisotopic (exact) mass is 210 g/mol. The molecule has 15 heavy (non-hydrogen) atoms. The van der Waals surface area contributed by atoms with Crippen molar-refractivity contribution in [3.63, 3.8) is 0 Å². The molecule has 1 aliphatic rings. The minimum Gasteiger partial charge on any atom is -0.289 e. The molecule has 0 unspecified atom stereocenters. The highest BCUT2D eigenvalue weighted by Gasteiger charge is 2.08. The van der Waals surface area contributed by atoms with Gasteiger partial charge in [-0.2, -0.15) is 0 Å². The second-order valence-electron chi connectivity index (χ2n) is 4.05. The molecule has 0 aromatic rings. The summed E-state index contributed by atoms with van der Waals surface area (Å²) in [6.07, 6.45) is 10.6. The Hall–Kier alpha value is -0.830. The van der Waals surface area contributed by atoms with Gasteiger partial charge in [0, 0.05) is 19.5 Å². The zero-order valence-corrected chi connectivity index (χ0v) is 9.67. The van der Waals surface area contributed by atoms with E-state index in [1.54, 1.807) is 0 Å². The molecule has 0 fully saturated rings. The fourth-order valence-corrected chi connectivity index (χ4v) is 1.69. The maximum absolute atomic E-state index is 11.5. The summed E-state index contributed by atoms with van der Waals surface area (Å²) < 4.78 is 0. The number of hydrogen-bond acceptors (Lipinski definition) is 2. The van der Waals surface area contributed by atoms with Gasteiger partial charge in [-0.3, -0.25) is 10.2 Å². The Labute approximate surface area is 92.5 Å². The van der Waals surface area contributed by atoms with Gasteiger partial charge in [-0.05, 0) is 12.8 Å². The molecule has 0 radical (unpaired) electrons. The van der Waals surface area contributed by atoms with E-state index in [0.29, 0.717) is 6.42 Å². The number of amides is 1. The first-order valence-electron chi connectivity index (χ1n) is 6.02. The Morgan fingerprint density at radius 2 is 2.20 bits per heavy atom. The lowest BCUT2D eigenvalue weighted by atomic mass is 10.1. The first kappa shape index (κ1) is 12.2. The van der Waals surface area contributed by atoms with Crippen LogP contribution >= 0.6 is 0 Å². The number of hydrogen-bond donors (Lipinski definition) is 1. The van der Waals surface area contributed by atoms with Crippen molar-refractivity contribution < 1.29 is 4.79 Å². The highest BCUT2D eigenvalue weighted by atomic mass is 16.2. The predicted molar refractivity (Wildman–Crippen MR) is 62.2 cm³/mol. The van der Waals surface area contributed by atoms with E-state index in [2.05, 4.69) is 24.5 Å². The molecule has 0 spiro atoms. The molecule has 0 aromatic heterocycles. The first-order valence-corrected chi connectivity index (χ1v) is 6.02. The highest BCUT2D eigenvalue weighted by molar-refractivity contribution is 5.75. The Kier molecular flexibility index (Phi) is 6.09. The molecule has 3 heteroatoms. The third-order valence-corrected chi connectivity index (χ3v) is 2.60. The fourth-order valence-electron chi connectivity index (χ4n) is 1.69. The lowest BCUT2D eigenvalue weighted by Crippen LogP contribution is -2.43. The van der Waals surface area contributed by atoms with E-state index in [0.717, 1.165) is 25.9 Å². The van der Waals surface area contributed by atoms with E-state index in [9.17, 15) is 4.79 Å². The second kappa shape index (κ2) is 7.46. The van der Waals surface area contributed by atoms with Gasteiger partial charge in [0.2, 0.25) is 5.91 Å². The average molecular weight is 210 g/mol. The molecule has 3 nitrogen and oxygen atoms in total. The minimum absolute atomic E-state index is 0.168. The van der Waals surface area contributed by atoms with E-state index in [-0.39, 0.29) is 5.91 Å². The third-order valence-electron chi connectivity index (χ3n) is 2.60. The number of hydrazine groups is 1. The van der Waals surface area contributed by atoms with Crippen LogP contribution in [0.1, 0.15) is 45.4 Å². The molecule has 0 saturated carbocycles. The van der Waals surface area contributed by atoms with Gasteiger partial charge in [0.1, 0.15) is 0 Å². The van der Waals surface area contributed by atoms with E-state index in [1.807, 2.05) is 5.01 Å². The molecule has 0 saturated heterocycles. The van der Waals surface area contributed by atoms with Gasteiger partial charge in [0.15, 0.2) is 0 Å². The van der Waals surface area contributed by atoms with Gasteiger partial charge in [-0.15, -0.1) is 0 Å².